The van der Waals surface area contributed by atoms with Gasteiger partial charge in [0.1, 0.15) is 0 Å². The first-order valence-electron chi connectivity index (χ1n) is 9.91. The summed E-state index contributed by atoms with van der Waals surface area (Å²) in [4.78, 5) is 13.7. The fourth-order valence-corrected chi connectivity index (χ4v) is 4.04. The van der Waals surface area contributed by atoms with Crippen LogP contribution in [0.1, 0.15) is 46.7 Å². The molecule has 1 atom stereocenters. The van der Waals surface area contributed by atoms with E-state index in [4.69, 9.17) is 4.98 Å². The second-order valence-corrected chi connectivity index (χ2v) is 8.10. The summed E-state index contributed by atoms with van der Waals surface area (Å²) in [7, 11) is 0. The van der Waals surface area contributed by atoms with E-state index in [9.17, 15) is 8.78 Å². The molecule has 0 aromatic carbocycles. The number of rotatable bonds is 5. The summed E-state index contributed by atoms with van der Waals surface area (Å²) in [5, 5.41) is 7.88. The first kappa shape index (κ1) is 18.1. The Labute approximate surface area is 168 Å². The monoisotopic (exact) mass is 398 g/mol. The average molecular weight is 398 g/mol. The number of alkyl halides is 2. The van der Waals surface area contributed by atoms with Gasteiger partial charge in [0.05, 0.1) is 34.2 Å². The first-order valence-corrected chi connectivity index (χ1v) is 9.91. The Morgan fingerprint density at radius 2 is 2.14 bits per heavy atom. The van der Waals surface area contributed by atoms with Crippen molar-refractivity contribution in [2.45, 2.75) is 57.4 Å². The van der Waals surface area contributed by atoms with Crippen molar-refractivity contribution in [3.63, 3.8) is 0 Å². The lowest BCUT2D eigenvalue weighted by atomic mass is 9.80. The summed E-state index contributed by atoms with van der Waals surface area (Å²) >= 11 is 0. The molecule has 4 heterocycles. The minimum atomic E-state index is -2.42. The standard InChI is InChI=1S/C21H22F2N6.H2/c1-12-21(2,10-18(22)23)19-16(25-12)7-6-15(27-19)14-8-9-29-17(14)11-24-20(28-29)26-13-4-3-5-13;/h6-9,11,13,18H,3-5,10H2,1-2H3,(H,26,28);1H. The highest BCUT2D eigenvalue weighted by Crippen LogP contribution is 2.43. The maximum atomic E-state index is 13.2. The van der Waals surface area contributed by atoms with Crippen LogP contribution in [0.5, 0.6) is 0 Å². The Morgan fingerprint density at radius 1 is 1.31 bits per heavy atom. The van der Waals surface area contributed by atoms with Gasteiger partial charge in [0, 0.05) is 31.4 Å². The summed E-state index contributed by atoms with van der Waals surface area (Å²) in [6, 6.07) is 6.12. The number of hydrogen-bond acceptors (Lipinski definition) is 5. The topological polar surface area (TPSA) is 67.5 Å². The van der Waals surface area contributed by atoms with Crippen LogP contribution in [0.15, 0.2) is 35.6 Å². The molecule has 1 aliphatic heterocycles. The molecule has 3 aromatic heterocycles. The van der Waals surface area contributed by atoms with Gasteiger partial charge < -0.3 is 5.32 Å². The van der Waals surface area contributed by atoms with Crippen molar-refractivity contribution in [2.24, 2.45) is 4.99 Å². The molecule has 3 aromatic rings. The molecule has 5 rings (SSSR count). The SMILES string of the molecule is CC1=Nc2ccc(-c3ccn4nc(NC5CCC5)ncc34)nc2C1(C)CC(F)F.[HH]. The van der Waals surface area contributed by atoms with Crippen LogP contribution in [0.2, 0.25) is 0 Å². The van der Waals surface area contributed by atoms with Crippen molar-refractivity contribution in [2.75, 3.05) is 5.32 Å². The largest absolute Gasteiger partial charge is 0.350 e. The molecule has 1 N–H and O–H groups in total. The number of anilines is 1. The van der Waals surface area contributed by atoms with Gasteiger partial charge >= 0.3 is 0 Å². The smallest absolute Gasteiger partial charge is 0.241 e. The van der Waals surface area contributed by atoms with Gasteiger partial charge in [-0.1, -0.05) is 0 Å². The van der Waals surface area contributed by atoms with Crippen LogP contribution in [0.4, 0.5) is 20.4 Å². The van der Waals surface area contributed by atoms with Crippen molar-refractivity contribution < 1.29 is 10.2 Å². The van der Waals surface area contributed by atoms with E-state index in [-0.39, 0.29) is 7.85 Å². The quantitative estimate of drug-likeness (QED) is 0.655. The lowest BCUT2D eigenvalue weighted by Gasteiger charge is -2.26. The van der Waals surface area contributed by atoms with Crippen molar-refractivity contribution in [1.82, 2.24) is 19.6 Å². The zero-order valence-corrected chi connectivity index (χ0v) is 16.4. The Kier molecular flexibility index (Phi) is 4.11. The summed E-state index contributed by atoms with van der Waals surface area (Å²) < 4.78 is 28.2. The van der Waals surface area contributed by atoms with E-state index in [1.165, 1.54) is 6.42 Å². The minimum Gasteiger partial charge on any atom is -0.350 e. The van der Waals surface area contributed by atoms with E-state index >= 15 is 0 Å². The van der Waals surface area contributed by atoms with E-state index < -0.39 is 11.8 Å². The number of fused-ring (bicyclic) bond motifs is 2. The molecule has 29 heavy (non-hydrogen) atoms. The van der Waals surface area contributed by atoms with Gasteiger partial charge in [-0.3, -0.25) is 4.99 Å². The molecule has 1 aliphatic carbocycles. The molecular weight excluding hydrogens is 374 g/mol. The third-order valence-electron chi connectivity index (χ3n) is 6.18. The molecule has 0 amide bonds. The zero-order valence-electron chi connectivity index (χ0n) is 16.4. The van der Waals surface area contributed by atoms with Crippen LogP contribution >= 0.6 is 0 Å². The number of aliphatic imine (C=N–C) groups is 1. The first-order chi connectivity index (χ1) is 13.9. The summed E-state index contributed by atoms with van der Waals surface area (Å²) in [6.45, 7) is 3.59. The molecule has 1 fully saturated rings. The van der Waals surface area contributed by atoms with E-state index in [1.54, 1.807) is 24.6 Å². The normalized spacial score (nSPS) is 21.3. The number of hydrogen-bond donors (Lipinski definition) is 1. The highest BCUT2D eigenvalue weighted by Gasteiger charge is 2.41. The van der Waals surface area contributed by atoms with Crippen LogP contribution in [-0.2, 0) is 5.41 Å². The fraction of sp³-hybridized carbons (Fsp3) is 0.429. The van der Waals surface area contributed by atoms with Gasteiger partial charge in [0.2, 0.25) is 12.4 Å². The number of nitrogens with zero attached hydrogens (tertiary/aromatic N) is 5. The van der Waals surface area contributed by atoms with Gasteiger partial charge in [0.25, 0.3) is 0 Å². The van der Waals surface area contributed by atoms with Crippen LogP contribution < -0.4 is 5.32 Å². The van der Waals surface area contributed by atoms with E-state index in [1.807, 2.05) is 24.4 Å². The summed E-state index contributed by atoms with van der Waals surface area (Å²) in [5.74, 6) is 0.611. The molecule has 0 bridgehead atoms. The highest BCUT2D eigenvalue weighted by atomic mass is 19.3. The average Bonchev–Trinajstić information content (AvgIpc) is 3.17. The zero-order chi connectivity index (χ0) is 20.2. The summed E-state index contributed by atoms with van der Waals surface area (Å²) in [5.41, 5.74) is 3.49. The molecule has 6 nitrogen and oxygen atoms in total. The lowest BCUT2D eigenvalue weighted by molar-refractivity contribution is 0.121. The number of pyridine rings is 1. The molecule has 0 saturated heterocycles. The van der Waals surface area contributed by atoms with E-state index in [0.717, 1.165) is 23.9 Å². The molecule has 8 heteroatoms. The third-order valence-corrected chi connectivity index (χ3v) is 6.18. The van der Waals surface area contributed by atoms with Crippen LogP contribution in [0, 0.1) is 0 Å². The Bertz CT molecular complexity index is 1120. The molecule has 1 unspecified atom stereocenters. The van der Waals surface area contributed by atoms with Gasteiger partial charge in [-0.2, -0.15) is 0 Å². The van der Waals surface area contributed by atoms with Gasteiger partial charge in [0.15, 0.2) is 0 Å². The van der Waals surface area contributed by atoms with Crippen LogP contribution in [0.3, 0.4) is 0 Å². The molecule has 2 aliphatic rings. The number of aromatic nitrogens is 4. The Balaban J connectivity index is 0.00000218. The van der Waals surface area contributed by atoms with Crippen molar-refractivity contribution >= 4 is 22.9 Å². The Hall–Kier alpha value is -2.90. The van der Waals surface area contributed by atoms with Gasteiger partial charge in [-0.25, -0.2) is 23.3 Å². The van der Waals surface area contributed by atoms with E-state index in [0.29, 0.717) is 34.8 Å². The molecule has 0 radical (unpaired) electrons. The number of nitrogens with one attached hydrogen (secondary N) is 1. The number of halogens is 2. The Morgan fingerprint density at radius 3 is 2.86 bits per heavy atom. The third kappa shape index (κ3) is 2.97. The fourth-order valence-electron chi connectivity index (χ4n) is 4.04. The lowest BCUT2D eigenvalue weighted by Crippen LogP contribution is -2.31. The minimum absolute atomic E-state index is 0. The second kappa shape index (κ2) is 6.57. The highest BCUT2D eigenvalue weighted by molar-refractivity contribution is 5.99. The predicted octanol–water partition coefficient (Wildman–Crippen LogP) is 5.02. The van der Waals surface area contributed by atoms with Crippen molar-refractivity contribution in [3.8, 4) is 11.3 Å². The molecule has 152 valence electrons. The second-order valence-electron chi connectivity index (χ2n) is 8.10. The maximum Gasteiger partial charge on any atom is 0.241 e. The summed E-state index contributed by atoms with van der Waals surface area (Å²) in [6.07, 6.45) is 4.47. The van der Waals surface area contributed by atoms with Gasteiger partial charge in [-0.15, -0.1) is 5.10 Å². The molecule has 1 saturated carbocycles. The van der Waals surface area contributed by atoms with Crippen LogP contribution in [0.25, 0.3) is 16.8 Å². The maximum absolute atomic E-state index is 13.2. The van der Waals surface area contributed by atoms with Crippen LogP contribution in [-0.4, -0.2) is 37.8 Å². The van der Waals surface area contributed by atoms with E-state index in [2.05, 4.69) is 20.4 Å². The molecule has 0 spiro atoms. The predicted molar refractivity (Wildman–Crippen MR) is 110 cm³/mol. The van der Waals surface area contributed by atoms with Crippen molar-refractivity contribution in [1.29, 1.82) is 0 Å². The van der Waals surface area contributed by atoms with Crippen molar-refractivity contribution in [3.05, 3.63) is 36.3 Å². The molecular formula is C21H24F2N6. The van der Waals surface area contributed by atoms with Gasteiger partial charge in [-0.05, 0) is 51.3 Å².